The smallest absolute Gasteiger partial charge is 0.325 e. The van der Waals surface area contributed by atoms with Crippen LogP contribution >= 0.6 is 0 Å². The van der Waals surface area contributed by atoms with E-state index in [1.807, 2.05) is 0 Å². The Labute approximate surface area is 105 Å². The standard InChI is InChI=1S/C13H28N2O2/c1-9(2)11(4)15(6)10(3)8-13(5,14)12(16)17-7/h9-11H,8,14H2,1-7H3. The molecule has 0 aliphatic rings. The van der Waals surface area contributed by atoms with Crippen molar-refractivity contribution in [3.05, 3.63) is 0 Å². The number of esters is 1. The number of hydrogen-bond acceptors (Lipinski definition) is 4. The number of carbonyl (C=O) groups is 1. The lowest BCUT2D eigenvalue weighted by Gasteiger charge is -2.36. The minimum absolute atomic E-state index is 0.237. The number of carbonyl (C=O) groups excluding carboxylic acids is 1. The van der Waals surface area contributed by atoms with Crippen molar-refractivity contribution >= 4 is 5.97 Å². The fourth-order valence-corrected chi connectivity index (χ4v) is 1.95. The molecule has 17 heavy (non-hydrogen) atoms. The largest absolute Gasteiger partial charge is 0.468 e. The van der Waals surface area contributed by atoms with E-state index in [-0.39, 0.29) is 12.0 Å². The van der Waals surface area contributed by atoms with Gasteiger partial charge in [-0.05, 0) is 40.2 Å². The zero-order valence-electron chi connectivity index (χ0n) is 12.3. The Kier molecular flexibility index (Phi) is 6.13. The molecule has 0 bridgehead atoms. The van der Waals surface area contributed by atoms with Crippen LogP contribution in [0.3, 0.4) is 0 Å². The van der Waals surface area contributed by atoms with Gasteiger partial charge in [-0.3, -0.25) is 4.79 Å². The predicted molar refractivity (Wildman–Crippen MR) is 70.8 cm³/mol. The molecule has 4 nitrogen and oxygen atoms in total. The SMILES string of the molecule is COC(=O)C(C)(N)CC(C)N(C)C(C)C(C)C. The summed E-state index contributed by atoms with van der Waals surface area (Å²) in [6, 6.07) is 0.694. The van der Waals surface area contributed by atoms with Gasteiger partial charge in [0, 0.05) is 12.1 Å². The van der Waals surface area contributed by atoms with Crippen LogP contribution < -0.4 is 5.73 Å². The number of rotatable bonds is 6. The van der Waals surface area contributed by atoms with E-state index < -0.39 is 5.54 Å². The van der Waals surface area contributed by atoms with Gasteiger partial charge < -0.3 is 15.4 Å². The summed E-state index contributed by atoms with van der Waals surface area (Å²) in [7, 11) is 3.45. The van der Waals surface area contributed by atoms with Crippen molar-refractivity contribution < 1.29 is 9.53 Å². The Hall–Kier alpha value is -0.610. The number of nitrogens with two attached hydrogens (primary N) is 1. The van der Waals surface area contributed by atoms with Gasteiger partial charge >= 0.3 is 5.97 Å². The van der Waals surface area contributed by atoms with Crippen LogP contribution in [0, 0.1) is 5.92 Å². The third-order valence-electron chi connectivity index (χ3n) is 3.67. The summed E-state index contributed by atoms with van der Waals surface area (Å²) in [6.45, 7) is 10.4. The normalized spacial score (nSPS) is 18.9. The molecule has 3 unspecified atom stereocenters. The maximum absolute atomic E-state index is 11.5. The molecular weight excluding hydrogens is 216 g/mol. The van der Waals surface area contributed by atoms with Crippen LogP contribution in [0.5, 0.6) is 0 Å². The average molecular weight is 244 g/mol. The van der Waals surface area contributed by atoms with Crippen molar-refractivity contribution in [2.75, 3.05) is 14.2 Å². The first kappa shape index (κ1) is 16.4. The fraction of sp³-hybridized carbons (Fsp3) is 0.923. The molecule has 4 heteroatoms. The van der Waals surface area contributed by atoms with Crippen molar-refractivity contribution in [3.8, 4) is 0 Å². The summed E-state index contributed by atoms with van der Waals surface area (Å²) in [4.78, 5) is 13.8. The van der Waals surface area contributed by atoms with E-state index in [0.717, 1.165) is 0 Å². The van der Waals surface area contributed by atoms with E-state index in [2.05, 4.69) is 39.6 Å². The zero-order chi connectivity index (χ0) is 13.8. The molecule has 0 aliphatic carbocycles. The van der Waals surface area contributed by atoms with Crippen molar-refractivity contribution in [2.45, 2.75) is 58.7 Å². The van der Waals surface area contributed by atoms with Crippen LogP contribution in [0.4, 0.5) is 0 Å². The Morgan fingerprint density at radius 3 is 2.18 bits per heavy atom. The molecule has 0 spiro atoms. The lowest BCUT2D eigenvalue weighted by atomic mass is 9.92. The minimum Gasteiger partial charge on any atom is -0.468 e. The Morgan fingerprint density at radius 1 is 1.35 bits per heavy atom. The van der Waals surface area contributed by atoms with E-state index in [9.17, 15) is 4.79 Å². The Bertz CT molecular complexity index is 252. The van der Waals surface area contributed by atoms with E-state index in [0.29, 0.717) is 18.4 Å². The van der Waals surface area contributed by atoms with Crippen molar-refractivity contribution in [1.29, 1.82) is 0 Å². The molecule has 0 aromatic carbocycles. The number of methoxy groups -OCH3 is 1. The maximum Gasteiger partial charge on any atom is 0.325 e. The predicted octanol–water partition coefficient (Wildman–Crippen LogP) is 1.63. The molecule has 0 radical (unpaired) electrons. The van der Waals surface area contributed by atoms with Gasteiger partial charge in [-0.15, -0.1) is 0 Å². The third kappa shape index (κ3) is 4.64. The van der Waals surface area contributed by atoms with Gasteiger partial charge in [-0.2, -0.15) is 0 Å². The molecule has 2 N–H and O–H groups in total. The summed E-state index contributed by atoms with van der Waals surface area (Å²) < 4.78 is 4.72. The molecule has 0 heterocycles. The van der Waals surface area contributed by atoms with E-state index >= 15 is 0 Å². The topological polar surface area (TPSA) is 55.6 Å². The number of nitrogens with zero attached hydrogens (tertiary/aromatic N) is 1. The highest BCUT2D eigenvalue weighted by atomic mass is 16.5. The summed E-state index contributed by atoms with van der Waals surface area (Å²) in [5, 5.41) is 0. The van der Waals surface area contributed by atoms with Gasteiger partial charge in [0.25, 0.3) is 0 Å². The highest BCUT2D eigenvalue weighted by Crippen LogP contribution is 2.18. The summed E-state index contributed by atoms with van der Waals surface area (Å²) in [5.41, 5.74) is 5.07. The highest BCUT2D eigenvalue weighted by molar-refractivity contribution is 5.79. The fourth-order valence-electron chi connectivity index (χ4n) is 1.95. The highest BCUT2D eigenvalue weighted by Gasteiger charge is 2.33. The second-order valence-electron chi connectivity index (χ2n) is 5.61. The van der Waals surface area contributed by atoms with E-state index in [4.69, 9.17) is 10.5 Å². The van der Waals surface area contributed by atoms with Crippen LogP contribution in [0.25, 0.3) is 0 Å². The molecule has 3 atom stereocenters. The summed E-state index contributed by atoms with van der Waals surface area (Å²) in [6.07, 6.45) is 0.591. The first-order valence-corrected chi connectivity index (χ1v) is 6.22. The first-order chi connectivity index (χ1) is 7.63. The Balaban J connectivity index is 4.53. The van der Waals surface area contributed by atoms with Gasteiger partial charge in [0.2, 0.25) is 0 Å². The van der Waals surface area contributed by atoms with Crippen LogP contribution in [-0.4, -0.2) is 42.6 Å². The molecule has 0 amide bonds. The van der Waals surface area contributed by atoms with Gasteiger partial charge in [0.05, 0.1) is 7.11 Å². The second-order valence-corrected chi connectivity index (χ2v) is 5.61. The quantitative estimate of drug-likeness (QED) is 0.722. The van der Waals surface area contributed by atoms with Crippen molar-refractivity contribution in [3.63, 3.8) is 0 Å². The molecule has 0 saturated carbocycles. The van der Waals surface area contributed by atoms with Gasteiger partial charge in [0.1, 0.15) is 5.54 Å². The lowest BCUT2D eigenvalue weighted by Crippen LogP contribution is -2.51. The Morgan fingerprint density at radius 2 is 1.82 bits per heavy atom. The zero-order valence-corrected chi connectivity index (χ0v) is 12.3. The van der Waals surface area contributed by atoms with Crippen molar-refractivity contribution in [2.24, 2.45) is 11.7 Å². The van der Waals surface area contributed by atoms with E-state index in [1.165, 1.54) is 7.11 Å². The van der Waals surface area contributed by atoms with Gasteiger partial charge in [-0.25, -0.2) is 0 Å². The summed E-state index contributed by atoms with van der Waals surface area (Å²) >= 11 is 0. The van der Waals surface area contributed by atoms with E-state index in [1.54, 1.807) is 6.92 Å². The van der Waals surface area contributed by atoms with Crippen LogP contribution in [0.15, 0.2) is 0 Å². The monoisotopic (exact) mass is 244 g/mol. The molecule has 0 fully saturated rings. The first-order valence-electron chi connectivity index (χ1n) is 6.22. The number of ether oxygens (including phenoxy) is 1. The lowest BCUT2D eigenvalue weighted by molar-refractivity contribution is -0.147. The molecule has 0 aromatic rings. The van der Waals surface area contributed by atoms with Crippen molar-refractivity contribution in [1.82, 2.24) is 4.90 Å². The number of hydrogen-bond donors (Lipinski definition) is 1. The molecule has 0 aromatic heterocycles. The third-order valence-corrected chi connectivity index (χ3v) is 3.67. The maximum atomic E-state index is 11.5. The molecule has 0 rings (SSSR count). The molecular formula is C13H28N2O2. The van der Waals surface area contributed by atoms with Crippen LogP contribution in [0.2, 0.25) is 0 Å². The average Bonchev–Trinajstić information content (AvgIpc) is 2.24. The van der Waals surface area contributed by atoms with Crippen LogP contribution in [-0.2, 0) is 9.53 Å². The van der Waals surface area contributed by atoms with Gasteiger partial charge in [0.15, 0.2) is 0 Å². The molecule has 0 saturated heterocycles. The molecule has 102 valence electrons. The van der Waals surface area contributed by atoms with Gasteiger partial charge in [-0.1, -0.05) is 13.8 Å². The van der Waals surface area contributed by atoms with Crippen LogP contribution in [0.1, 0.15) is 41.0 Å². The summed E-state index contributed by atoms with van der Waals surface area (Å²) in [5.74, 6) is 0.222. The minimum atomic E-state index is -0.918. The second kappa shape index (κ2) is 6.36. The molecule has 0 aliphatic heterocycles.